The first-order valence-electron chi connectivity index (χ1n) is 10.7. The second-order valence-corrected chi connectivity index (χ2v) is 8.78. The van der Waals surface area contributed by atoms with Gasteiger partial charge in [0.15, 0.2) is 0 Å². The van der Waals surface area contributed by atoms with Gasteiger partial charge in [-0.3, -0.25) is 0 Å². The van der Waals surface area contributed by atoms with E-state index in [2.05, 4.69) is 46.6 Å². The molecule has 1 rings (SSSR count). The van der Waals surface area contributed by atoms with E-state index >= 15 is 0 Å². The Labute approximate surface area is 147 Å². The molecule has 0 bridgehead atoms. The molecule has 1 saturated heterocycles. The lowest BCUT2D eigenvalue weighted by molar-refractivity contribution is -0.0131. The standard InChI is InChI=1S/C22H45N/c1-7-9-11-12-14-16-20(15-13-10-8-2)21-17-18-23(6)22(4,5)19(21)3/h19-21H,7-18H2,1-6H3. The van der Waals surface area contributed by atoms with Crippen molar-refractivity contribution in [2.45, 2.75) is 111 Å². The van der Waals surface area contributed by atoms with Crippen LogP contribution in [0.5, 0.6) is 0 Å². The highest BCUT2D eigenvalue weighted by Gasteiger charge is 2.41. The van der Waals surface area contributed by atoms with E-state index in [9.17, 15) is 0 Å². The van der Waals surface area contributed by atoms with Gasteiger partial charge in [0.25, 0.3) is 0 Å². The van der Waals surface area contributed by atoms with Crippen molar-refractivity contribution in [2.75, 3.05) is 13.6 Å². The second-order valence-electron chi connectivity index (χ2n) is 8.78. The van der Waals surface area contributed by atoms with E-state index in [4.69, 9.17) is 0 Å². The Morgan fingerprint density at radius 2 is 1.43 bits per heavy atom. The largest absolute Gasteiger partial charge is 0.301 e. The van der Waals surface area contributed by atoms with Crippen molar-refractivity contribution in [3.63, 3.8) is 0 Å². The van der Waals surface area contributed by atoms with Crippen LogP contribution in [-0.2, 0) is 0 Å². The summed E-state index contributed by atoms with van der Waals surface area (Å²) in [5.41, 5.74) is 0.369. The third-order valence-corrected chi connectivity index (χ3v) is 7.00. The van der Waals surface area contributed by atoms with Gasteiger partial charge in [-0.15, -0.1) is 0 Å². The van der Waals surface area contributed by atoms with E-state index in [1.807, 2.05) is 0 Å². The molecule has 1 aliphatic rings. The topological polar surface area (TPSA) is 3.24 Å². The maximum Gasteiger partial charge on any atom is 0.0178 e. The highest BCUT2D eigenvalue weighted by Crippen LogP contribution is 2.43. The van der Waals surface area contributed by atoms with Crippen LogP contribution in [-0.4, -0.2) is 24.0 Å². The maximum atomic E-state index is 2.60. The summed E-state index contributed by atoms with van der Waals surface area (Å²) in [6.07, 6.45) is 15.8. The molecule has 0 amide bonds. The fraction of sp³-hybridized carbons (Fsp3) is 1.00. The molecule has 3 atom stereocenters. The lowest BCUT2D eigenvalue weighted by Gasteiger charge is -2.51. The quantitative estimate of drug-likeness (QED) is 0.373. The molecular formula is C22H45N. The lowest BCUT2D eigenvalue weighted by atomic mass is 9.66. The van der Waals surface area contributed by atoms with Crippen molar-refractivity contribution in [3.05, 3.63) is 0 Å². The minimum absolute atomic E-state index is 0.369. The Kier molecular flexibility index (Phi) is 9.82. The van der Waals surface area contributed by atoms with Crippen LogP contribution in [0.3, 0.4) is 0 Å². The molecule has 1 heteroatoms. The minimum atomic E-state index is 0.369. The fourth-order valence-electron chi connectivity index (χ4n) is 4.64. The van der Waals surface area contributed by atoms with E-state index in [0.717, 1.165) is 17.8 Å². The van der Waals surface area contributed by atoms with Gasteiger partial charge in [-0.2, -0.15) is 0 Å². The van der Waals surface area contributed by atoms with Gasteiger partial charge in [-0.1, -0.05) is 85.0 Å². The number of hydrogen-bond acceptors (Lipinski definition) is 1. The highest BCUT2D eigenvalue weighted by atomic mass is 15.2. The van der Waals surface area contributed by atoms with Crippen molar-refractivity contribution in [2.24, 2.45) is 17.8 Å². The van der Waals surface area contributed by atoms with Gasteiger partial charge < -0.3 is 4.90 Å². The van der Waals surface area contributed by atoms with Gasteiger partial charge in [0.2, 0.25) is 0 Å². The molecule has 138 valence electrons. The zero-order chi connectivity index (χ0) is 17.3. The van der Waals surface area contributed by atoms with Gasteiger partial charge in [0.05, 0.1) is 0 Å². The molecule has 0 aromatic carbocycles. The molecule has 1 aliphatic heterocycles. The Balaban J connectivity index is 2.58. The van der Waals surface area contributed by atoms with Crippen molar-refractivity contribution >= 4 is 0 Å². The zero-order valence-electron chi connectivity index (χ0n) is 17.2. The molecular weight excluding hydrogens is 278 g/mol. The summed E-state index contributed by atoms with van der Waals surface area (Å²) in [6.45, 7) is 13.4. The van der Waals surface area contributed by atoms with E-state index in [1.165, 1.54) is 77.2 Å². The van der Waals surface area contributed by atoms with Gasteiger partial charge in [0, 0.05) is 5.54 Å². The molecule has 23 heavy (non-hydrogen) atoms. The van der Waals surface area contributed by atoms with Gasteiger partial charge in [-0.05, 0) is 51.6 Å². The number of likely N-dealkylation sites (tertiary alicyclic amines) is 1. The van der Waals surface area contributed by atoms with Crippen molar-refractivity contribution in [1.29, 1.82) is 0 Å². The summed E-state index contributed by atoms with van der Waals surface area (Å²) < 4.78 is 0. The Bertz CT molecular complexity index is 296. The minimum Gasteiger partial charge on any atom is -0.301 e. The van der Waals surface area contributed by atoms with Crippen LogP contribution in [0.1, 0.15) is 105 Å². The predicted molar refractivity (Wildman–Crippen MR) is 105 cm³/mol. The molecule has 0 aliphatic carbocycles. The fourth-order valence-corrected chi connectivity index (χ4v) is 4.64. The molecule has 0 N–H and O–H groups in total. The van der Waals surface area contributed by atoms with E-state index in [1.54, 1.807) is 0 Å². The molecule has 0 radical (unpaired) electrons. The van der Waals surface area contributed by atoms with Crippen LogP contribution in [0.2, 0.25) is 0 Å². The maximum absolute atomic E-state index is 2.60. The molecule has 1 nitrogen and oxygen atoms in total. The van der Waals surface area contributed by atoms with Crippen LogP contribution < -0.4 is 0 Å². The summed E-state index contributed by atoms with van der Waals surface area (Å²) in [7, 11) is 2.32. The number of rotatable bonds is 11. The Hall–Kier alpha value is -0.0400. The molecule has 0 saturated carbocycles. The Morgan fingerprint density at radius 1 is 0.913 bits per heavy atom. The molecule has 0 spiro atoms. The van der Waals surface area contributed by atoms with Crippen LogP contribution in [0.25, 0.3) is 0 Å². The Morgan fingerprint density at radius 3 is 2.04 bits per heavy atom. The summed E-state index contributed by atoms with van der Waals surface area (Å²) >= 11 is 0. The average molecular weight is 324 g/mol. The molecule has 3 unspecified atom stereocenters. The predicted octanol–water partition coefficient (Wildman–Crippen LogP) is 6.91. The third-order valence-electron chi connectivity index (χ3n) is 7.00. The second kappa shape index (κ2) is 10.7. The summed E-state index contributed by atoms with van der Waals surface area (Å²) in [6, 6.07) is 0. The van der Waals surface area contributed by atoms with Crippen LogP contribution in [0, 0.1) is 17.8 Å². The first-order chi connectivity index (χ1) is 10.9. The number of nitrogens with zero attached hydrogens (tertiary/aromatic N) is 1. The molecule has 0 aromatic rings. The summed E-state index contributed by atoms with van der Waals surface area (Å²) in [5.74, 6) is 2.75. The first-order valence-corrected chi connectivity index (χ1v) is 10.7. The van der Waals surface area contributed by atoms with Crippen molar-refractivity contribution < 1.29 is 0 Å². The summed E-state index contributed by atoms with van der Waals surface area (Å²) in [4.78, 5) is 2.60. The van der Waals surface area contributed by atoms with Gasteiger partial charge in [-0.25, -0.2) is 0 Å². The monoisotopic (exact) mass is 323 g/mol. The van der Waals surface area contributed by atoms with Gasteiger partial charge in [0.1, 0.15) is 0 Å². The number of unbranched alkanes of at least 4 members (excludes halogenated alkanes) is 6. The van der Waals surface area contributed by atoms with Crippen LogP contribution in [0.15, 0.2) is 0 Å². The number of hydrogen-bond donors (Lipinski definition) is 0. The smallest absolute Gasteiger partial charge is 0.0178 e. The van der Waals surface area contributed by atoms with E-state index < -0.39 is 0 Å². The number of piperidine rings is 1. The average Bonchev–Trinajstić information content (AvgIpc) is 2.52. The summed E-state index contributed by atoms with van der Waals surface area (Å²) in [5, 5.41) is 0. The van der Waals surface area contributed by atoms with E-state index in [0.29, 0.717) is 5.54 Å². The van der Waals surface area contributed by atoms with Crippen molar-refractivity contribution in [1.82, 2.24) is 4.90 Å². The molecule has 1 fully saturated rings. The van der Waals surface area contributed by atoms with E-state index in [-0.39, 0.29) is 0 Å². The SMILES string of the molecule is CCCCCCCC(CCCCC)C1CCN(C)C(C)(C)C1C. The highest BCUT2D eigenvalue weighted by molar-refractivity contribution is 4.95. The third kappa shape index (κ3) is 6.40. The van der Waals surface area contributed by atoms with Crippen molar-refractivity contribution in [3.8, 4) is 0 Å². The first kappa shape index (κ1) is 21.0. The zero-order valence-corrected chi connectivity index (χ0v) is 17.2. The normalized spacial score (nSPS) is 26.3. The lowest BCUT2D eigenvalue weighted by Crippen LogP contribution is -2.54. The van der Waals surface area contributed by atoms with Gasteiger partial charge >= 0.3 is 0 Å². The van der Waals surface area contributed by atoms with Crippen LogP contribution in [0.4, 0.5) is 0 Å². The molecule has 1 heterocycles. The van der Waals surface area contributed by atoms with Crippen LogP contribution >= 0.6 is 0 Å². The molecule has 0 aromatic heterocycles.